The molecule has 2 aromatic rings. The Balaban J connectivity index is 1.88. The number of nitrogens with zero attached hydrogens (tertiary/aromatic N) is 1. The van der Waals surface area contributed by atoms with E-state index in [4.69, 9.17) is 0 Å². The molecular weight excluding hydrogens is 291 g/mol. The summed E-state index contributed by atoms with van der Waals surface area (Å²) >= 11 is 0. The van der Waals surface area contributed by atoms with Crippen molar-refractivity contribution in [3.63, 3.8) is 0 Å². The molecule has 0 aliphatic carbocycles. The molecule has 2 rings (SSSR count). The molecule has 2 aromatic carbocycles. The lowest BCUT2D eigenvalue weighted by Crippen LogP contribution is -2.25. The molecule has 0 radical (unpaired) electrons. The Bertz CT molecular complexity index is 636. The molecule has 23 heavy (non-hydrogen) atoms. The van der Waals surface area contributed by atoms with E-state index in [1.165, 1.54) is 11.8 Å². The van der Waals surface area contributed by atoms with Crippen molar-refractivity contribution in [2.24, 2.45) is 0 Å². The number of carbonyl (C=O) groups excluding carboxylic acids is 1. The van der Waals surface area contributed by atoms with E-state index in [9.17, 15) is 9.18 Å². The topological polar surface area (TPSA) is 32.3 Å². The molecule has 0 unspecified atom stereocenters. The van der Waals surface area contributed by atoms with Crippen molar-refractivity contribution in [3.8, 4) is 0 Å². The first-order chi connectivity index (χ1) is 11.1. The Hall–Kier alpha value is -2.36. The Morgan fingerprint density at radius 3 is 2.30 bits per heavy atom. The van der Waals surface area contributed by atoms with Crippen LogP contribution >= 0.6 is 0 Å². The zero-order valence-corrected chi connectivity index (χ0v) is 13.7. The SMILES string of the molecule is CCN(CC)c1ccc(CNC(=O)Cc2ccccc2F)cc1. The van der Waals surface area contributed by atoms with Gasteiger partial charge in [-0.3, -0.25) is 4.79 Å². The summed E-state index contributed by atoms with van der Waals surface area (Å²) in [5.74, 6) is -0.519. The lowest BCUT2D eigenvalue weighted by atomic mass is 10.1. The highest BCUT2D eigenvalue weighted by atomic mass is 19.1. The molecular formula is C19H23FN2O. The van der Waals surface area contributed by atoms with Gasteiger partial charge in [-0.15, -0.1) is 0 Å². The van der Waals surface area contributed by atoms with E-state index in [-0.39, 0.29) is 18.1 Å². The van der Waals surface area contributed by atoms with Gasteiger partial charge in [0.05, 0.1) is 6.42 Å². The largest absolute Gasteiger partial charge is 0.372 e. The fourth-order valence-electron chi connectivity index (χ4n) is 2.49. The second kappa shape index (κ2) is 8.32. The first-order valence-electron chi connectivity index (χ1n) is 7.98. The first kappa shape index (κ1) is 17.0. The van der Waals surface area contributed by atoms with E-state index in [0.717, 1.165) is 18.7 Å². The highest BCUT2D eigenvalue weighted by Crippen LogP contribution is 2.15. The van der Waals surface area contributed by atoms with Gasteiger partial charge in [-0.2, -0.15) is 0 Å². The van der Waals surface area contributed by atoms with Crippen molar-refractivity contribution >= 4 is 11.6 Å². The van der Waals surface area contributed by atoms with E-state index in [2.05, 4.69) is 36.2 Å². The van der Waals surface area contributed by atoms with Crippen LogP contribution in [0.3, 0.4) is 0 Å². The maximum atomic E-state index is 13.5. The summed E-state index contributed by atoms with van der Waals surface area (Å²) in [6.07, 6.45) is 0.0597. The van der Waals surface area contributed by atoms with Gasteiger partial charge in [0.15, 0.2) is 0 Å². The summed E-state index contributed by atoms with van der Waals surface area (Å²) in [7, 11) is 0. The third kappa shape index (κ3) is 4.81. The number of hydrogen-bond donors (Lipinski definition) is 1. The van der Waals surface area contributed by atoms with Crippen LogP contribution < -0.4 is 10.2 Å². The van der Waals surface area contributed by atoms with Gasteiger partial charge < -0.3 is 10.2 Å². The van der Waals surface area contributed by atoms with Crippen LogP contribution in [0.15, 0.2) is 48.5 Å². The Morgan fingerprint density at radius 2 is 1.70 bits per heavy atom. The van der Waals surface area contributed by atoms with Crippen molar-refractivity contribution in [1.29, 1.82) is 0 Å². The monoisotopic (exact) mass is 314 g/mol. The minimum atomic E-state index is -0.341. The van der Waals surface area contributed by atoms with E-state index < -0.39 is 0 Å². The number of hydrogen-bond acceptors (Lipinski definition) is 2. The fourth-order valence-corrected chi connectivity index (χ4v) is 2.49. The molecule has 3 nitrogen and oxygen atoms in total. The number of carbonyl (C=O) groups is 1. The number of rotatable bonds is 7. The summed E-state index contributed by atoms with van der Waals surface area (Å²) in [5, 5.41) is 2.83. The van der Waals surface area contributed by atoms with Crippen LogP contribution in [0.2, 0.25) is 0 Å². The highest BCUT2D eigenvalue weighted by molar-refractivity contribution is 5.78. The van der Waals surface area contributed by atoms with Crippen LogP contribution in [0, 0.1) is 5.82 Å². The molecule has 0 aliphatic rings. The van der Waals surface area contributed by atoms with Gasteiger partial charge in [-0.1, -0.05) is 30.3 Å². The fraction of sp³-hybridized carbons (Fsp3) is 0.316. The van der Waals surface area contributed by atoms with Gasteiger partial charge in [0.1, 0.15) is 5.82 Å². The second-order valence-corrected chi connectivity index (χ2v) is 5.38. The summed E-state index contributed by atoms with van der Waals surface area (Å²) in [5.41, 5.74) is 2.63. The van der Waals surface area contributed by atoms with E-state index in [1.807, 2.05) is 12.1 Å². The van der Waals surface area contributed by atoms with Gasteiger partial charge in [0.2, 0.25) is 5.91 Å². The summed E-state index contributed by atoms with van der Waals surface area (Å²) < 4.78 is 13.5. The maximum absolute atomic E-state index is 13.5. The number of nitrogens with one attached hydrogen (secondary N) is 1. The predicted octanol–water partition coefficient (Wildman–Crippen LogP) is 3.53. The molecule has 0 saturated heterocycles. The Kier molecular flexibility index (Phi) is 6.15. The van der Waals surface area contributed by atoms with Crippen molar-refractivity contribution in [2.75, 3.05) is 18.0 Å². The van der Waals surface area contributed by atoms with Crippen molar-refractivity contribution < 1.29 is 9.18 Å². The van der Waals surface area contributed by atoms with Gasteiger partial charge in [0, 0.05) is 25.3 Å². The highest BCUT2D eigenvalue weighted by Gasteiger charge is 2.07. The predicted molar refractivity (Wildman–Crippen MR) is 92.0 cm³/mol. The number of benzene rings is 2. The van der Waals surface area contributed by atoms with Crippen molar-refractivity contribution in [3.05, 3.63) is 65.5 Å². The van der Waals surface area contributed by atoms with Gasteiger partial charge >= 0.3 is 0 Å². The number of amides is 1. The third-order valence-electron chi connectivity index (χ3n) is 3.86. The standard InChI is InChI=1S/C19H23FN2O/c1-3-22(4-2)17-11-9-15(10-12-17)14-21-19(23)13-16-7-5-6-8-18(16)20/h5-12H,3-4,13-14H2,1-2H3,(H,21,23). The van der Waals surface area contributed by atoms with Crippen molar-refractivity contribution in [2.45, 2.75) is 26.8 Å². The normalized spacial score (nSPS) is 10.4. The lowest BCUT2D eigenvalue weighted by molar-refractivity contribution is -0.120. The minimum absolute atomic E-state index is 0.0597. The van der Waals surface area contributed by atoms with E-state index >= 15 is 0 Å². The Labute approximate surface area is 137 Å². The molecule has 4 heteroatoms. The number of halogens is 1. The molecule has 0 fully saturated rings. The molecule has 0 atom stereocenters. The van der Waals surface area contributed by atoms with Gasteiger partial charge in [0.25, 0.3) is 0 Å². The third-order valence-corrected chi connectivity index (χ3v) is 3.86. The van der Waals surface area contributed by atoms with Crippen LogP contribution in [-0.4, -0.2) is 19.0 Å². The lowest BCUT2D eigenvalue weighted by Gasteiger charge is -2.21. The van der Waals surface area contributed by atoms with Crippen LogP contribution in [0.4, 0.5) is 10.1 Å². The van der Waals surface area contributed by atoms with Crippen molar-refractivity contribution in [1.82, 2.24) is 5.32 Å². The molecule has 0 heterocycles. The first-order valence-corrected chi connectivity index (χ1v) is 7.98. The quantitative estimate of drug-likeness (QED) is 0.848. The van der Waals surface area contributed by atoms with E-state index in [1.54, 1.807) is 18.2 Å². The van der Waals surface area contributed by atoms with Crippen LogP contribution in [0.25, 0.3) is 0 Å². The molecule has 0 spiro atoms. The minimum Gasteiger partial charge on any atom is -0.372 e. The zero-order chi connectivity index (χ0) is 16.7. The zero-order valence-electron chi connectivity index (χ0n) is 13.7. The maximum Gasteiger partial charge on any atom is 0.224 e. The van der Waals surface area contributed by atoms with Crippen LogP contribution in [0.1, 0.15) is 25.0 Å². The molecule has 1 amide bonds. The molecule has 0 saturated carbocycles. The average Bonchev–Trinajstić information content (AvgIpc) is 2.57. The summed E-state index contributed by atoms with van der Waals surface area (Å²) in [6, 6.07) is 14.5. The molecule has 1 N–H and O–H groups in total. The summed E-state index contributed by atoms with van der Waals surface area (Å²) in [6.45, 7) is 6.64. The van der Waals surface area contributed by atoms with Gasteiger partial charge in [-0.05, 0) is 43.2 Å². The van der Waals surface area contributed by atoms with Crippen LogP contribution in [-0.2, 0) is 17.8 Å². The van der Waals surface area contributed by atoms with E-state index in [0.29, 0.717) is 12.1 Å². The molecule has 0 aromatic heterocycles. The molecule has 0 aliphatic heterocycles. The summed E-state index contributed by atoms with van der Waals surface area (Å²) in [4.78, 5) is 14.2. The Morgan fingerprint density at radius 1 is 1.04 bits per heavy atom. The number of anilines is 1. The molecule has 0 bridgehead atoms. The second-order valence-electron chi connectivity index (χ2n) is 5.38. The molecule has 122 valence electrons. The average molecular weight is 314 g/mol. The van der Waals surface area contributed by atoms with Crippen LogP contribution in [0.5, 0.6) is 0 Å². The smallest absolute Gasteiger partial charge is 0.224 e. The van der Waals surface area contributed by atoms with Gasteiger partial charge in [-0.25, -0.2) is 4.39 Å².